The molecule has 0 N–H and O–H groups in total. The molecule has 1 nitrogen and oxygen atoms in total. The molecule has 0 aromatic carbocycles. The molecule has 0 saturated carbocycles. The van der Waals surface area contributed by atoms with E-state index in [1.165, 1.54) is 18.6 Å². The molecule has 90 valence electrons. The number of aliphatic imine (C=N–C) groups is 1. The topological polar surface area (TPSA) is 12.4 Å². The summed E-state index contributed by atoms with van der Waals surface area (Å²) in [4.78, 5) is 4.86. The van der Waals surface area contributed by atoms with Gasteiger partial charge in [-0.05, 0) is 37.5 Å². The van der Waals surface area contributed by atoms with Crippen LogP contribution in [0.2, 0.25) is 0 Å². The molecule has 0 saturated heterocycles. The van der Waals surface area contributed by atoms with Gasteiger partial charge in [0.25, 0.3) is 0 Å². The van der Waals surface area contributed by atoms with Crippen molar-refractivity contribution in [2.75, 3.05) is 0 Å². The fraction of sp³-hybridized carbons (Fsp3) is 0.929. The molecule has 1 heteroatoms. The summed E-state index contributed by atoms with van der Waals surface area (Å²) in [6, 6.07) is 0.523. The van der Waals surface area contributed by atoms with E-state index >= 15 is 0 Å². The highest BCUT2D eigenvalue weighted by Crippen LogP contribution is 2.17. The summed E-state index contributed by atoms with van der Waals surface area (Å²) in [5.41, 5.74) is 1.30. The first kappa shape index (κ1) is 14.7. The Morgan fingerprint density at radius 1 is 0.933 bits per heavy atom. The van der Waals surface area contributed by atoms with Crippen LogP contribution in [0.5, 0.6) is 0 Å². The van der Waals surface area contributed by atoms with Gasteiger partial charge in [-0.1, -0.05) is 41.5 Å². The monoisotopic (exact) mass is 211 g/mol. The molecule has 0 heterocycles. The SMILES string of the molecule is C/C(=N\C(CCC(C)C)C(C)C)C(C)C. The maximum absolute atomic E-state index is 4.86. The smallest absolute Gasteiger partial charge is 0.0522 e. The van der Waals surface area contributed by atoms with Crippen molar-refractivity contribution in [2.24, 2.45) is 22.7 Å². The second kappa shape index (κ2) is 7.03. The predicted molar refractivity (Wildman–Crippen MR) is 70.6 cm³/mol. The van der Waals surface area contributed by atoms with Gasteiger partial charge >= 0.3 is 0 Å². The summed E-state index contributed by atoms with van der Waals surface area (Å²) >= 11 is 0. The van der Waals surface area contributed by atoms with E-state index in [0.29, 0.717) is 17.9 Å². The van der Waals surface area contributed by atoms with Crippen LogP contribution in [-0.2, 0) is 0 Å². The van der Waals surface area contributed by atoms with Crippen LogP contribution in [0.3, 0.4) is 0 Å². The van der Waals surface area contributed by atoms with Crippen molar-refractivity contribution in [3.05, 3.63) is 0 Å². The lowest BCUT2D eigenvalue weighted by Crippen LogP contribution is -2.17. The van der Waals surface area contributed by atoms with Gasteiger partial charge in [-0.15, -0.1) is 0 Å². The van der Waals surface area contributed by atoms with Gasteiger partial charge in [-0.3, -0.25) is 4.99 Å². The normalized spacial score (nSPS) is 15.5. The van der Waals surface area contributed by atoms with Crippen LogP contribution in [0.25, 0.3) is 0 Å². The van der Waals surface area contributed by atoms with E-state index in [9.17, 15) is 0 Å². The van der Waals surface area contributed by atoms with Gasteiger partial charge in [0.15, 0.2) is 0 Å². The van der Waals surface area contributed by atoms with Gasteiger partial charge in [0.1, 0.15) is 0 Å². The molecule has 0 aliphatic carbocycles. The zero-order chi connectivity index (χ0) is 12.0. The average Bonchev–Trinajstić information content (AvgIpc) is 2.10. The lowest BCUT2D eigenvalue weighted by molar-refractivity contribution is 0.418. The molecule has 1 unspecified atom stereocenters. The van der Waals surface area contributed by atoms with E-state index in [-0.39, 0.29) is 0 Å². The van der Waals surface area contributed by atoms with E-state index < -0.39 is 0 Å². The van der Waals surface area contributed by atoms with Crippen LogP contribution >= 0.6 is 0 Å². The van der Waals surface area contributed by atoms with Crippen molar-refractivity contribution in [3.63, 3.8) is 0 Å². The summed E-state index contributed by atoms with van der Waals surface area (Å²) in [6.07, 6.45) is 2.52. The molecule has 0 aliphatic heterocycles. The Morgan fingerprint density at radius 3 is 1.80 bits per heavy atom. The molecule has 0 aromatic rings. The summed E-state index contributed by atoms with van der Waals surface area (Å²) in [7, 11) is 0. The summed E-state index contributed by atoms with van der Waals surface area (Å²) in [6.45, 7) is 15.7. The standard InChI is InChI=1S/C14H29N/c1-10(2)8-9-14(12(5)6)15-13(7)11(3)4/h10-12,14H,8-9H2,1-7H3/b15-13+. The Labute approximate surface area is 96.4 Å². The molecule has 1 atom stereocenters. The molecule has 0 fully saturated rings. The van der Waals surface area contributed by atoms with Gasteiger partial charge in [0.05, 0.1) is 6.04 Å². The summed E-state index contributed by atoms with van der Waals surface area (Å²) in [5.74, 6) is 2.04. The Kier molecular flexibility index (Phi) is 6.87. The second-order valence-corrected chi connectivity index (χ2v) is 5.71. The van der Waals surface area contributed by atoms with E-state index in [1.54, 1.807) is 0 Å². The largest absolute Gasteiger partial charge is 0.291 e. The highest BCUT2D eigenvalue weighted by Gasteiger charge is 2.13. The zero-order valence-electron chi connectivity index (χ0n) is 11.7. The molecule has 0 bridgehead atoms. The van der Waals surface area contributed by atoms with Crippen molar-refractivity contribution in [1.29, 1.82) is 0 Å². The average molecular weight is 211 g/mol. The predicted octanol–water partition coefficient (Wildman–Crippen LogP) is 4.56. The molecular formula is C14H29N. The molecule has 0 aromatic heterocycles. The Morgan fingerprint density at radius 2 is 1.47 bits per heavy atom. The minimum atomic E-state index is 0.523. The molecule has 0 spiro atoms. The van der Waals surface area contributed by atoms with Crippen molar-refractivity contribution < 1.29 is 0 Å². The number of rotatable bonds is 6. The fourth-order valence-electron chi connectivity index (χ4n) is 1.46. The van der Waals surface area contributed by atoms with Crippen LogP contribution in [0.4, 0.5) is 0 Å². The van der Waals surface area contributed by atoms with Gasteiger partial charge in [0, 0.05) is 5.71 Å². The summed E-state index contributed by atoms with van der Waals surface area (Å²) in [5, 5.41) is 0. The third kappa shape index (κ3) is 6.70. The minimum Gasteiger partial charge on any atom is -0.291 e. The third-order valence-corrected chi connectivity index (χ3v) is 3.01. The van der Waals surface area contributed by atoms with Crippen molar-refractivity contribution in [1.82, 2.24) is 0 Å². The van der Waals surface area contributed by atoms with Gasteiger partial charge < -0.3 is 0 Å². The second-order valence-electron chi connectivity index (χ2n) is 5.71. The first-order valence-electron chi connectivity index (χ1n) is 6.38. The van der Waals surface area contributed by atoms with Crippen molar-refractivity contribution in [3.8, 4) is 0 Å². The lowest BCUT2D eigenvalue weighted by Gasteiger charge is -2.19. The number of hydrogen-bond acceptors (Lipinski definition) is 1. The maximum Gasteiger partial charge on any atom is 0.0522 e. The Bertz CT molecular complexity index is 190. The van der Waals surface area contributed by atoms with Crippen LogP contribution < -0.4 is 0 Å². The lowest BCUT2D eigenvalue weighted by atomic mass is 9.95. The van der Waals surface area contributed by atoms with Crippen LogP contribution in [0.15, 0.2) is 4.99 Å². The first-order valence-corrected chi connectivity index (χ1v) is 6.38. The van der Waals surface area contributed by atoms with Crippen molar-refractivity contribution >= 4 is 5.71 Å². The molecule has 15 heavy (non-hydrogen) atoms. The van der Waals surface area contributed by atoms with Gasteiger partial charge in [0.2, 0.25) is 0 Å². The highest BCUT2D eigenvalue weighted by atomic mass is 14.8. The summed E-state index contributed by atoms with van der Waals surface area (Å²) < 4.78 is 0. The van der Waals surface area contributed by atoms with E-state index in [0.717, 1.165) is 5.92 Å². The zero-order valence-corrected chi connectivity index (χ0v) is 11.7. The fourth-order valence-corrected chi connectivity index (χ4v) is 1.46. The van der Waals surface area contributed by atoms with Crippen LogP contribution in [-0.4, -0.2) is 11.8 Å². The van der Waals surface area contributed by atoms with E-state index in [1.807, 2.05) is 0 Å². The van der Waals surface area contributed by atoms with Crippen LogP contribution in [0.1, 0.15) is 61.3 Å². The van der Waals surface area contributed by atoms with Crippen LogP contribution in [0, 0.1) is 17.8 Å². The Balaban J connectivity index is 4.34. The highest BCUT2D eigenvalue weighted by molar-refractivity contribution is 5.83. The van der Waals surface area contributed by atoms with E-state index in [2.05, 4.69) is 48.5 Å². The maximum atomic E-state index is 4.86. The molecule has 0 radical (unpaired) electrons. The quantitative estimate of drug-likeness (QED) is 0.571. The van der Waals surface area contributed by atoms with E-state index in [4.69, 9.17) is 4.99 Å². The molecule has 0 rings (SSSR count). The molecular weight excluding hydrogens is 182 g/mol. The number of hydrogen-bond donors (Lipinski definition) is 0. The van der Waals surface area contributed by atoms with Crippen molar-refractivity contribution in [2.45, 2.75) is 67.3 Å². The minimum absolute atomic E-state index is 0.523. The molecule has 0 amide bonds. The third-order valence-electron chi connectivity index (χ3n) is 3.01. The van der Waals surface area contributed by atoms with Gasteiger partial charge in [-0.25, -0.2) is 0 Å². The van der Waals surface area contributed by atoms with Gasteiger partial charge in [-0.2, -0.15) is 0 Å². The number of nitrogens with zero attached hydrogens (tertiary/aromatic N) is 1. The Hall–Kier alpha value is -0.330. The molecule has 0 aliphatic rings. The first-order chi connectivity index (χ1) is 6.84.